The van der Waals surface area contributed by atoms with E-state index in [9.17, 15) is 4.79 Å². The van der Waals surface area contributed by atoms with Gasteiger partial charge in [-0.15, -0.1) is 0 Å². The molecule has 0 aromatic heterocycles. The van der Waals surface area contributed by atoms with Gasteiger partial charge in [-0.25, -0.2) is 4.79 Å². The summed E-state index contributed by atoms with van der Waals surface area (Å²) in [5.74, 6) is -0.599. The third-order valence-corrected chi connectivity index (χ3v) is 1.67. The highest BCUT2D eigenvalue weighted by Gasteiger charge is 2.11. The highest BCUT2D eigenvalue weighted by Crippen LogP contribution is 2.17. The number of phenolic OH excluding ortho intramolecular Hbond substituents is 1. The number of rotatable bonds is 2. The van der Waals surface area contributed by atoms with Crippen LogP contribution in [0.2, 0.25) is 0 Å². The third kappa shape index (κ3) is 1.97. The predicted molar refractivity (Wildman–Crippen MR) is 45.4 cm³/mol. The molecule has 4 heteroatoms. The fourth-order valence-corrected chi connectivity index (χ4v) is 1.00. The van der Waals surface area contributed by atoms with Crippen molar-refractivity contribution < 1.29 is 19.7 Å². The maximum Gasteiger partial charge on any atom is 0.338 e. The van der Waals surface area contributed by atoms with Crippen LogP contribution in [-0.4, -0.2) is 23.3 Å². The maximum absolute atomic E-state index is 11.1. The molecule has 0 amide bonds. The number of hydrogen-bond donors (Lipinski definition) is 2. The number of aliphatic hydroxyl groups is 1. The second kappa shape index (κ2) is 3.91. The summed E-state index contributed by atoms with van der Waals surface area (Å²) in [5.41, 5.74) is 0.620. The molecule has 0 fully saturated rings. The molecular formula is C9H10O4. The highest BCUT2D eigenvalue weighted by atomic mass is 16.5. The number of phenols is 1. The molecule has 13 heavy (non-hydrogen) atoms. The summed E-state index contributed by atoms with van der Waals surface area (Å²) in [4.78, 5) is 11.1. The molecule has 0 heterocycles. The fourth-order valence-electron chi connectivity index (χ4n) is 1.00. The maximum atomic E-state index is 11.1. The molecule has 2 N–H and O–H groups in total. The van der Waals surface area contributed by atoms with E-state index in [1.54, 1.807) is 0 Å². The lowest BCUT2D eigenvalue weighted by Gasteiger charge is -2.05. The van der Waals surface area contributed by atoms with Gasteiger partial charge in [0.25, 0.3) is 0 Å². The van der Waals surface area contributed by atoms with Crippen molar-refractivity contribution in [1.82, 2.24) is 0 Å². The number of carbonyl (C=O) groups excluding carboxylic acids is 1. The van der Waals surface area contributed by atoms with Crippen LogP contribution in [0.1, 0.15) is 15.9 Å². The van der Waals surface area contributed by atoms with E-state index in [1.165, 1.54) is 25.3 Å². The van der Waals surface area contributed by atoms with Gasteiger partial charge in [-0.1, -0.05) is 6.07 Å². The highest BCUT2D eigenvalue weighted by molar-refractivity contribution is 5.91. The molecule has 1 aromatic carbocycles. The Kier molecular flexibility index (Phi) is 2.87. The van der Waals surface area contributed by atoms with Crippen LogP contribution < -0.4 is 0 Å². The molecule has 1 aromatic rings. The average Bonchev–Trinajstić information content (AvgIpc) is 2.16. The molecule has 0 aliphatic carbocycles. The molecule has 0 radical (unpaired) electrons. The number of aliphatic hydroxyl groups excluding tert-OH is 1. The second-order valence-corrected chi connectivity index (χ2v) is 2.49. The Morgan fingerprint density at radius 2 is 2.23 bits per heavy atom. The van der Waals surface area contributed by atoms with E-state index in [2.05, 4.69) is 4.74 Å². The summed E-state index contributed by atoms with van der Waals surface area (Å²) in [6.45, 7) is -0.259. The van der Waals surface area contributed by atoms with Crippen molar-refractivity contribution in [2.45, 2.75) is 6.61 Å². The number of hydrogen-bond acceptors (Lipinski definition) is 4. The van der Waals surface area contributed by atoms with Gasteiger partial charge < -0.3 is 14.9 Å². The number of carbonyl (C=O) groups is 1. The molecule has 0 saturated heterocycles. The molecular weight excluding hydrogens is 172 g/mol. The first-order valence-electron chi connectivity index (χ1n) is 3.70. The SMILES string of the molecule is COC(=O)c1cc(O)ccc1CO. The summed E-state index contributed by atoms with van der Waals surface area (Å²) >= 11 is 0. The van der Waals surface area contributed by atoms with Gasteiger partial charge in [0.15, 0.2) is 0 Å². The summed E-state index contributed by atoms with van der Waals surface area (Å²) in [7, 11) is 1.24. The minimum atomic E-state index is -0.569. The standard InChI is InChI=1S/C9H10O4/c1-13-9(12)8-4-7(11)3-2-6(8)5-10/h2-4,10-11H,5H2,1H3. The summed E-state index contributed by atoms with van der Waals surface area (Å²) < 4.78 is 4.47. The Labute approximate surface area is 75.4 Å². The van der Waals surface area contributed by atoms with Crippen LogP contribution >= 0.6 is 0 Å². The van der Waals surface area contributed by atoms with Gasteiger partial charge in [-0.3, -0.25) is 0 Å². The van der Waals surface area contributed by atoms with E-state index >= 15 is 0 Å². The van der Waals surface area contributed by atoms with Crippen LogP contribution in [0.5, 0.6) is 5.75 Å². The topological polar surface area (TPSA) is 66.8 Å². The number of benzene rings is 1. The Balaban J connectivity index is 3.15. The molecule has 0 spiro atoms. The first-order valence-corrected chi connectivity index (χ1v) is 3.70. The van der Waals surface area contributed by atoms with Gasteiger partial charge in [-0.2, -0.15) is 0 Å². The molecule has 4 nitrogen and oxygen atoms in total. The Morgan fingerprint density at radius 3 is 2.77 bits per heavy atom. The van der Waals surface area contributed by atoms with Crippen molar-refractivity contribution in [3.05, 3.63) is 29.3 Å². The summed E-state index contributed by atoms with van der Waals surface area (Å²) in [6.07, 6.45) is 0. The molecule has 0 atom stereocenters. The van der Waals surface area contributed by atoms with Gasteiger partial charge in [-0.05, 0) is 17.7 Å². The van der Waals surface area contributed by atoms with E-state index in [0.717, 1.165) is 0 Å². The van der Waals surface area contributed by atoms with Crippen LogP contribution in [0.4, 0.5) is 0 Å². The average molecular weight is 182 g/mol. The van der Waals surface area contributed by atoms with Crippen LogP contribution in [0.15, 0.2) is 18.2 Å². The van der Waals surface area contributed by atoms with Crippen molar-refractivity contribution in [2.75, 3.05) is 7.11 Å². The van der Waals surface area contributed by atoms with Crippen molar-refractivity contribution in [3.63, 3.8) is 0 Å². The van der Waals surface area contributed by atoms with E-state index < -0.39 is 5.97 Å². The third-order valence-electron chi connectivity index (χ3n) is 1.67. The van der Waals surface area contributed by atoms with Gasteiger partial charge >= 0.3 is 5.97 Å². The Bertz CT molecular complexity index is 319. The molecule has 0 aliphatic heterocycles. The molecule has 0 aliphatic rings. The van der Waals surface area contributed by atoms with Crippen molar-refractivity contribution >= 4 is 5.97 Å². The number of ether oxygens (including phenoxy) is 1. The Hall–Kier alpha value is -1.55. The Morgan fingerprint density at radius 1 is 1.54 bits per heavy atom. The zero-order chi connectivity index (χ0) is 9.84. The van der Waals surface area contributed by atoms with E-state index in [0.29, 0.717) is 5.56 Å². The van der Waals surface area contributed by atoms with Gasteiger partial charge in [0, 0.05) is 0 Å². The van der Waals surface area contributed by atoms with Crippen molar-refractivity contribution in [3.8, 4) is 5.75 Å². The lowest BCUT2D eigenvalue weighted by molar-refractivity contribution is 0.0596. The predicted octanol–water partition coefficient (Wildman–Crippen LogP) is 0.671. The monoisotopic (exact) mass is 182 g/mol. The van der Waals surface area contributed by atoms with E-state index in [4.69, 9.17) is 10.2 Å². The fraction of sp³-hybridized carbons (Fsp3) is 0.222. The van der Waals surface area contributed by atoms with Gasteiger partial charge in [0.05, 0.1) is 19.3 Å². The molecule has 0 bridgehead atoms. The largest absolute Gasteiger partial charge is 0.508 e. The molecule has 0 unspecified atom stereocenters. The normalized spacial score (nSPS) is 9.69. The lowest BCUT2D eigenvalue weighted by atomic mass is 10.1. The smallest absolute Gasteiger partial charge is 0.338 e. The van der Waals surface area contributed by atoms with Crippen LogP contribution in [-0.2, 0) is 11.3 Å². The van der Waals surface area contributed by atoms with Crippen LogP contribution in [0, 0.1) is 0 Å². The first-order chi connectivity index (χ1) is 6.19. The minimum Gasteiger partial charge on any atom is -0.508 e. The number of aromatic hydroxyl groups is 1. The second-order valence-electron chi connectivity index (χ2n) is 2.49. The molecule has 0 saturated carbocycles. The van der Waals surface area contributed by atoms with Crippen molar-refractivity contribution in [2.24, 2.45) is 0 Å². The molecule has 1 rings (SSSR count). The summed E-state index contributed by atoms with van der Waals surface area (Å²) in [6, 6.07) is 4.14. The number of methoxy groups -OCH3 is 1. The molecule has 70 valence electrons. The zero-order valence-electron chi connectivity index (χ0n) is 7.15. The zero-order valence-corrected chi connectivity index (χ0v) is 7.15. The number of esters is 1. The quantitative estimate of drug-likeness (QED) is 0.660. The lowest BCUT2D eigenvalue weighted by Crippen LogP contribution is -2.05. The van der Waals surface area contributed by atoms with Gasteiger partial charge in [0.1, 0.15) is 5.75 Å². The summed E-state index contributed by atoms with van der Waals surface area (Å²) in [5, 5.41) is 18.0. The van der Waals surface area contributed by atoms with Crippen LogP contribution in [0.25, 0.3) is 0 Å². The van der Waals surface area contributed by atoms with E-state index in [-0.39, 0.29) is 17.9 Å². The first kappa shape index (κ1) is 9.54. The van der Waals surface area contributed by atoms with Crippen LogP contribution in [0.3, 0.4) is 0 Å². The minimum absolute atomic E-state index is 0.0300. The van der Waals surface area contributed by atoms with Gasteiger partial charge in [0.2, 0.25) is 0 Å². The van der Waals surface area contributed by atoms with E-state index in [1.807, 2.05) is 0 Å². The van der Waals surface area contributed by atoms with Crippen molar-refractivity contribution in [1.29, 1.82) is 0 Å².